The van der Waals surface area contributed by atoms with Crippen LogP contribution in [0.5, 0.6) is 0 Å². The molecule has 0 radical (unpaired) electrons. The Labute approximate surface area is 200 Å². The minimum atomic E-state index is -4.58. The lowest BCUT2D eigenvalue weighted by atomic mass is 10.3. The first-order valence-electron chi connectivity index (χ1n) is 11.1. The van der Waals surface area contributed by atoms with Crippen molar-refractivity contribution in [2.75, 3.05) is 23.7 Å². The Morgan fingerprint density at radius 3 is 1.39 bits per heavy atom. The molecule has 4 aromatic rings. The van der Waals surface area contributed by atoms with Gasteiger partial charge >= 0.3 is 12.4 Å². The van der Waals surface area contributed by atoms with Gasteiger partial charge < -0.3 is 20.6 Å². The molecule has 0 atom stereocenters. The average molecular weight is 518 g/mol. The molecule has 0 spiro atoms. The molecule has 0 fully saturated rings. The van der Waals surface area contributed by atoms with E-state index in [0.717, 1.165) is 25.7 Å². The molecule has 0 amide bonds. The van der Waals surface area contributed by atoms with Gasteiger partial charge in [0, 0.05) is 13.1 Å². The Morgan fingerprint density at radius 1 is 0.667 bits per heavy atom. The maximum Gasteiger partial charge on any atom is 0.451 e. The van der Waals surface area contributed by atoms with Crippen LogP contribution in [0.1, 0.15) is 51.2 Å². The Hall–Kier alpha value is -3.72. The van der Waals surface area contributed by atoms with Crippen molar-refractivity contribution in [2.45, 2.75) is 51.9 Å². The molecule has 0 unspecified atom stereocenters. The van der Waals surface area contributed by atoms with E-state index in [4.69, 9.17) is 0 Å². The van der Waals surface area contributed by atoms with E-state index in [-0.39, 0.29) is 22.9 Å². The van der Waals surface area contributed by atoms with Gasteiger partial charge in [-0.05, 0) is 12.8 Å². The number of anilines is 2. The van der Waals surface area contributed by atoms with Crippen molar-refractivity contribution < 1.29 is 26.3 Å². The number of alkyl halides is 6. The van der Waals surface area contributed by atoms with Gasteiger partial charge in [0.15, 0.2) is 22.9 Å². The predicted octanol–water partition coefficient (Wildman–Crippen LogP) is 5.17. The monoisotopic (exact) mass is 518 g/mol. The normalized spacial score (nSPS) is 12.0. The molecule has 0 aliphatic heterocycles. The molecule has 0 saturated carbocycles. The molecule has 16 heteroatoms. The molecule has 196 valence electrons. The van der Waals surface area contributed by atoms with Crippen molar-refractivity contribution in [2.24, 2.45) is 0 Å². The van der Waals surface area contributed by atoms with E-state index in [1.165, 1.54) is 12.7 Å². The Morgan fingerprint density at radius 2 is 1.06 bits per heavy atom. The summed E-state index contributed by atoms with van der Waals surface area (Å²) in [4.78, 5) is 26.7. The van der Waals surface area contributed by atoms with Crippen LogP contribution in [0.25, 0.3) is 22.3 Å². The number of unbranched alkanes of at least 4 members (excludes halogenated alkanes) is 2. The Kier molecular flexibility index (Phi) is 8.47. The van der Waals surface area contributed by atoms with Gasteiger partial charge in [0.25, 0.3) is 0 Å². The van der Waals surface area contributed by atoms with Crippen LogP contribution in [0.3, 0.4) is 0 Å². The van der Waals surface area contributed by atoms with E-state index in [9.17, 15) is 26.3 Å². The number of aromatic nitrogens is 8. The predicted molar refractivity (Wildman–Crippen MR) is 120 cm³/mol. The summed E-state index contributed by atoms with van der Waals surface area (Å²) in [7, 11) is 0. The van der Waals surface area contributed by atoms with Gasteiger partial charge in [0.05, 0.1) is 12.7 Å². The van der Waals surface area contributed by atoms with Crippen LogP contribution in [0.15, 0.2) is 12.7 Å². The zero-order valence-electron chi connectivity index (χ0n) is 19.3. The molecule has 0 saturated heterocycles. The van der Waals surface area contributed by atoms with Crippen LogP contribution in [0, 0.1) is 0 Å². The van der Waals surface area contributed by atoms with E-state index < -0.39 is 24.0 Å². The fourth-order valence-electron chi connectivity index (χ4n) is 2.94. The smallest absolute Gasteiger partial charge is 0.368 e. The Bertz CT molecular complexity index is 1170. The lowest BCUT2D eigenvalue weighted by Gasteiger charge is -2.09. The van der Waals surface area contributed by atoms with Crippen LogP contribution in [-0.4, -0.2) is 53.0 Å². The molecule has 36 heavy (non-hydrogen) atoms. The number of fused-ring (bicyclic) bond motifs is 2. The average Bonchev–Trinajstić information content (AvgIpc) is 3.48. The number of hydrogen-bond donors (Lipinski definition) is 4. The summed E-state index contributed by atoms with van der Waals surface area (Å²) >= 11 is 0. The first-order valence-corrected chi connectivity index (χ1v) is 11.1. The van der Waals surface area contributed by atoms with E-state index in [1.807, 2.05) is 13.8 Å². The maximum absolute atomic E-state index is 12.6. The summed E-state index contributed by atoms with van der Waals surface area (Å²) < 4.78 is 75.6. The van der Waals surface area contributed by atoms with E-state index >= 15 is 0 Å². The second-order valence-electron chi connectivity index (χ2n) is 7.55. The van der Waals surface area contributed by atoms with Crippen molar-refractivity contribution in [3.8, 4) is 0 Å². The minimum absolute atomic E-state index is 0.0105. The molecular weight excluding hydrogens is 494 g/mol. The van der Waals surface area contributed by atoms with Gasteiger partial charge in [-0.3, -0.25) is 0 Å². The maximum atomic E-state index is 12.6. The third-order valence-electron chi connectivity index (χ3n) is 4.72. The summed E-state index contributed by atoms with van der Waals surface area (Å²) in [6.45, 7) is 5.10. The third kappa shape index (κ3) is 6.69. The van der Waals surface area contributed by atoms with Gasteiger partial charge in [0.1, 0.15) is 11.0 Å². The highest BCUT2D eigenvalue weighted by molar-refractivity contribution is 5.83. The quantitative estimate of drug-likeness (QED) is 0.186. The van der Waals surface area contributed by atoms with Gasteiger partial charge in [0.2, 0.25) is 11.6 Å². The van der Waals surface area contributed by atoms with Crippen molar-refractivity contribution in [3.05, 3.63) is 24.3 Å². The zero-order valence-corrected chi connectivity index (χ0v) is 19.3. The van der Waals surface area contributed by atoms with Gasteiger partial charge in [-0.15, -0.1) is 0 Å². The fraction of sp³-hybridized carbons (Fsp3) is 0.500. The van der Waals surface area contributed by atoms with Crippen molar-refractivity contribution in [3.63, 3.8) is 0 Å². The first kappa shape index (κ1) is 26.9. The van der Waals surface area contributed by atoms with Gasteiger partial charge in [-0.1, -0.05) is 26.7 Å². The number of nitrogens with zero attached hydrogens (tertiary/aromatic N) is 6. The Balaban J connectivity index is 0.000000201. The van der Waals surface area contributed by atoms with Crippen molar-refractivity contribution in [1.29, 1.82) is 0 Å². The van der Waals surface area contributed by atoms with Gasteiger partial charge in [-0.2, -0.15) is 26.3 Å². The summed E-state index contributed by atoms with van der Waals surface area (Å²) in [5.74, 6) is -2.08. The topological polar surface area (TPSA) is 133 Å². The van der Waals surface area contributed by atoms with Crippen LogP contribution >= 0.6 is 0 Å². The number of imidazole rings is 2. The first-order chi connectivity index (χ1) is 17.0. The lowest BCUT2D eigenvalue weighted by Crippen LogP contribution is -2.14. The van der Waals surface area contributed by atoms with Crippen LogP contribution in [0.4, 0.5) is 38.0 Å². The number of hydrogen-bond acceptors (Lipinski definition) is 8. The molecule has 4 rings (SSSR count). The molecule has 0 aliphatic rings. The zero-order chi connectivity index (χ0) is 26.3. The standard InChI is InChI=1S/2C10H12F3N5/c2*1-2-3-4-14-7-6-8(16-5-15-6)18-9(17-7)10(11,12)13/h2*5H,2-4H2,1H3,(H2,14,15,16,17,18). The molecule has 0 aliphatic carbocycles. The van der Waals surface area contributed by atoms with E-state index in [0.29, 0.717) is 24.1 Å². The molecule has 4 N–H and O–H groups in total. The second-order valence-corrected chi connectivity index (χ2v) is 7.55. The largest absolute Gasteiger partial charge is 0.451 e. The highest BCUT2D eigenvalue weighted by atomic mass is 19.4. The molecular formula is C20H24F6N10. The van der Waals surface area contributed by atoms with Gasteiger partial charge in [-0.25, -0.2) is 29.9 Å². The highest BCUT2D eigenvalue weighted by Gasteiger charge is 2.36. The molecule has 4 heterocycles. The molecule has 0 bridgehead atoms. The lowest BCUT2D eigenvalue weighted by molar-refractivity contribution is -0.145. The number of rotatable bonds is 8. The SMILES string of the molecule is CCCCNc1nc(C(F)(F)F)nc2nc[nH]c12.CCCCNc1nc(C(F)(F)F)nc2nc[nH]c12. The third-order valence-corrected chi connectivity index (χ3v) is 4.72. The highest BCUT2D eigenvalue weighted by Crippen LogP contribution is 2.30. The second kappa shape index (κ2) is 11.3. The van der Waals surface area contributed by atoms with Crippen LogP contribution < -0.4 is 10.6 Å². The minimum Gasteiger partial charge on any atom is -0.368 e. The summed E-state index contributed by atoms with van der Waals surface area (Å²) in [6.07, 6.45) is -2.98. The van der Waals surface area contributed by atoms with Crippen molar-refractivity contribution >= 4 is 34.0 Å². The number of nitrogens with one attached hydrogen (secondary N) is 4. The van der Waals surface area contributed by atoms with Crippen LogP contribution in [0.2, 0.25) is 0 Å². The van der Waals surface area contributed by atoms with Crippen molar-refractivity contribution in [1.82, 2.24) is 39.9 Å². The van der Waals surface area contributed by atoms with Crippen LogP contribution in [-0.2, 0) is 12.4 Å². The summed E-state index contributed by atoms with van der Waals surface area (Å²) in [5, 5.41) is 5.73. The number of H-pyrrole nitrogens is 2. The number of aromatic amines is 2. The number of halogens is 6. The molecule has 0 aromatic carbocycles. The molecule has 4 aromatic heterocycles. The summed E-state index contributed by atoms with van der Waals surface area (Å²) in [5.41, 5.74) is 0.797. The molecule has 10 nitrogen and oxygen atoms in total. The fourth-order valence-corrected chi connectivity index (χ4v) is 2.94. The van der Waals surface area contributed by atoms with E-state index in [1.54, 1.807) is 0 Å². The summed E-state index contributed by atoms with van der Waals surface area (Å²) in [6, 6.07) is 0. The van der Waals surface area contributed by atoms with E-state index in [2.05, 4.69) is 50.5 Å².